The van der Waals surface area contributed by atoms with E-state index in [0.717, 1.165) is 61.1 Å². The summed E-state index contributed by atoms with van der Waals surface area (Å²) in [6.07, 6.45) is 0. The van der Waals surface area contributed by atoms with E-state index in [2.05, 4.69) is 82.7 Å². The van der Waals surface area contributed by atoms with Crippen LogP contribution >= 0.6 is 0 Å². The van der Waals surface area contributed by atoms with Gasteiger partial charge in [0.2, 0.25) is 0 Å². The number of nitrogens with one attached hydrogen (secondary N) is 1. The van der Waals surface area contributed by atoms with E-state index in [-0.39, 0.29) is 0 Å². The highest BCUT2D eigenvalue weighted by atomic mass is 16.3. The first-order chi connectivity index (χ1) is 16.8. The fourth-order valence-electron chi connectivity index (χ4n) is 5.00. The fourth-order valence-corrected chi connectivity index (χ4v) is 5.00. The molecule has 2 heterocycles. The van der Waals surface area contributed by atoms with Gasteiger partial charge in [-0.25, -0.2) is 0 Å². The molecule has 162 valence electrons. The summed E-state index contributed by atoms with van der Waals surface area (Å²) in [6.45, 7) is 0. The SMILES string of the molecule is Nc1ccccc1Nc1cccc(-n2c3ccccc3c3c4oc5ccccc5c4ccc32)c1. The van der Waals surface area contributed by atoms with Gasteiger partial charge in [-0.3, -0.25) is 0 Å². The normalized spacial score (nSPS) is 11.6. The quantitative estimate of drug-likeness (QED) is 0.274. The first-order valence-corrected chi connectivity index (χ1v) is 11.3. The molecule has 4 heteroatoms. The molecule has 2 aromatic heterocycles. The zero-order valence-corrected chi connectivity index (χ0v) is 18.3. The summed E-state index contributed by atoms with van der Waals surface area (Å²) >= 11 is 0. The number of rotatable bonds is 3. The Bertz CT molecular complexity index is 1860. The van der Waals surface area contributed by atoms with E-state index < -0.39 is 0 Å². The first-order valence-electron chi connectivity index (χ1n) is 11.3. The van der Waals surface area contributed by atoms with E-state index >= 15 is 0 Å². The number of benzene rings is 5. The summed E-state index contributed by atoms with van der Waals surface area (Å²) in [7, 11) is 0. The number of nitrogens with zero attached hydrogens (tertiary/aromatic N) is 1. The third-order valence-corrected chi connectivity index (χ3v) is 6.52. The van der Waals surface area contributed by atoms with Crippen molar-refractivity contribution in [3.05, 3.63) is 109 Å². The van der Waals surface area contributed by atoms with E-state index in [9.17, 15) is 0 Å². The van der Waals surface area contributed by atoms with E-state index in [1.54, 1.807) is 0 Å². The molecule has 0 fully saturated rings. The Labute approximate surface area is 195 Å². The molecule has 0 amide bonds. The summed E-state index contributed by atoms with van der Waals surface area (Å²) in [6, 6.07) is 37.3. The highest BCUT2D eigenvalue weighted by molar-refractivity contribution is 6.23. The Hall–Kier alpha value is -4.70. The lowest BCUT2D eigenvalue weighted by atomic mass is 10.1. The lowest BCUT2D eigenvalue weighted by Crippen LogP contribution is -1.98. The van der Waals surface area contributed by atoms with Gasteiger partial charge in [-0.05, 0) is 54.6 Å². The molecule has 0 saturated heterocycles. The molecule has 0 atom stereocenters. The molecule has 0 unspecified atom stereocenters. The highest BCUT2D eigenvalue weighted by Crippen LogP contribution is 2.40. The van der Waals surface area contributed by atoms with Crippen LogP contribution in [0.15, 0.2) is 114 Å². The Balaban J connectivity index is 1.49. The van der Waals surface area contributed by atoms with Gasteiger partial charge < -0.3 is 20.0 Å². The fraction of sp³-hybridized carbons (Fsp3) is 0. The molecule has 5 aromatic carbocycles. The number of para-hydroxylation sites is 4. The molecule has 0 aliphatic rings. The molecule has 0 saturated carbocycles. The Morgan fingerprint density at radius 1 is 0.647 bits per heavy atom. The average molecular weight is 440 g/mol. The van der Waals surface area contributed by atoms with E-state index in [1.807, 2.05) is 36.4 Å². The second kappa shape index (κ2) is 7.15. The van der Waals surface area contributed by atoms with Crippen LogP contribution in [0.5, 0.6) is 0 Å². The predicted molar refractivity (Wildman–Crippen MR) is 142 cm³/mol. The number of hydrogen-bond donors (Lipinski definition) is 2. The number of hydrogen-bond acceptors (Lipinski definition) is 3. The number of nitrogen functional groups attached to an aromatic ring is 1. The zero-order valence-electron chi connectivity index (χ0n) is 18.3. The van der Waals surface area contributed by atoms with Crippen molar-refractivity contribution in [1.82, 2.24) is 4.57 Å². The van der Waals surface area contributed by atoms with Crippen LogP contribution in [0.2, 0.25) is 0 Å². The van der Waals surface area contributed by atoms with Crippen LogP contribution in [0.1, 0.15) is 0 Å². The summed E-state index contributed by atoms with van der Waals surface area (Å²) in [5, 5.41) is 8.05. The Kier molecular flexibility index (Phi) is 3.96. The van der Waals surface area contributed by atoms with Gasteiger partial charge in [-0.15, -0.1) is 0 Å². The van der Waals surface area contributed by atoms with Crippen molar-refractivity contribution in [1.29, 1.82) is 0 Å². The van der Waals surface area contributed by atoms with E-state index in [1.165, 1.54) is 5.39 Å². The molecule has 7 aromatic rings. The molecular weight excluding hydrogens is 418 g/mol. The number of aromatic nitrogens is 1. The van der Waals surface area contributed by atoms with Crippen LogP contribution in [0, 0.1) is 0 Å². The maximum atomic E-state index is 6.40. The van der Waals surface area contributed by atoms with Crippen LogP contribution < -0.4 is 11.1 Å². The summed E-state index contributed by atoms with van der Waals surface area (Å²) in [5.41, 5.74) is 13.9. The molecule has 0 aliphatic carbocycles. The maximum Gasteiger partial charge on any atom is 0.145 e. The van der Waals surface area contributed by atoms with Crippen molar-refractivity contribution in [2.45, 2.75) is 0 Å². The van der Waals surface area contributed by atoms with Gasteiger partial charge in [0, 0.05) is 27.5 Å². The molecule has 7 rings (SSSR count). The molecule has 0 bridgehead atoms. The van der Waals surface area contributed by atoms with Crippen molar-refractivity contribution < 1.29 is 4.42 Å². The first kappa shape index (κ1) is 18.8. The Morgan fingerprint density at radius 3 is 2.35 bits per heavy atom. The second-order valence-corrected chi connectivity index (χ2v) is 8.55. The van der Waals surface area contributed by atoms with Crippen LogP contribution in [-0.4, -0.2) is 4.57 Å². The predicted octanol–water partition coefficient (Wildman–Crippen LogP) is 8.01. The number of furan rings is 1. The standard InChI is InChI=1S/C30H21N3O/c31-24-12-3-4-13-25(24)32-19-8-7-9-20(18-19)33-26-14-5-1-11-23(26)29-27(33)17-16-22-21-10-2-6-15-28(21)34-30(22)29/h1-18,32H,31H2. The van der Waals surface area contributed by atoms with Gasteiger partial charge in [0.05, 0.1) is 27.8 Å². The highest BCUT2D eigenvalue weighted by Gasteiger charge is 2.18. The van der Waals surface area contributed by atoms with E-state index in [0.29, 0.717) is 0 Å². The number of anilines is 3. The molecule has 0 spiro atoms. The minimum absolute atomic E-state index is 0.719. The van der Waals surface area contributed by atoms with Crippen LogP contribution in [-0.2, 0) is 0 Å². The maximum absolute atomic E-state index is 6.40. The van der Waals surface area contributed by atoms with E-state index in [4.69, 9.17) is 10.2 Å². The lowest BCUT2D eigenvalue weighted by molar-refractivity contribution is 0.673. The van der Waals surface area contributed by atoms with Gasteiger partial charge in [-0.1, -0.05) is 54.6 Å². The number of nitrogens with two attached hydrogens (primary N) is 1. The third-order valence-electron chi connectivity index (χ3n) is 6.52. The van der Waals surface area contributed by atoms with Crippen molar-refractivity contribution in [3.63, 3.8) is 0 Å². The van der Waals surface area contributed by atoms with Crippen LogP contribution in [0.4, 0.5) is 17.1 Å². The molecule has 3 N–H and O–H groups in total. The Morgan fingerprint density at radius 2 is 1.44 bits per heavy atom. The minimum Gasteiger partial charge on any atom is -0.455 e. The largest absolute Gasteiger partial charge is 0.455 e. The monoisotopic (exact) mass is 439 g/mol. The average Bonchev–Trinajstić information content (AvgIpc) is 3.41. The molecule has 0 aliphatic heterocycles. The summed E-state index contributed by atoms with van der Waals surface area (Å²) < 4.78 is 8.70. The molecule has 0 radical (unpaired) electrons. The van der Waals surface area contributed by atoms with Crippen molar-refractivity contribution in [2.24, 2.45) is 0 Å². The smallest absolute Gasteiger partial charge is 0.145 e. The minimum atomic E-state index is 0.719. The zero-order chi connectivity index (χ0) is 22.6. The van der Waals surface area contributed by atoms with Gasteiger partial charge in [0.25, 0.3) is 0 Å². The molecule has 34 heavy (non-hydrogen) atoms. The van der Waals surface area contributed by atoms with Crippen LogP contribution in [0.25, 0.3) is 49.4 Å². The van der Waals surface area contributed by atoms with Gasteiger partial charge in [0.1, 0.15) is 11.2 Å². The summed E-state index contributed by atoms with van der Waals surface area (Å²) in [4.78, 5) is 0. The van der Waals surface area contributed by atoms with Crippen molar-refractivity contribution in [3.8, 4) is 5.69 Å². The second-order valence-electron chi connectivity index (χ2n) is 8.55. The van der Waals surface area contributed by atoms with Gasteiger partial charge in [-0.2, -0.15) is 0 Å². The van der Waals surface area contributed by atoms with Gasteiger partial charge in [0.15, 0.2) is 0 Å². The van der Waals surface area contributed by atoms with Gasteiger partial charge >= 0.3 is 0 Å². The molecule has 4 nitrogen and oxygen atoms in total. The molecular formula is C30H21N3O. The topological polar surface area (TPSA) is 56.1 Å². The number of fused-ring (bicyclic) bond motifs is 7. The van der Waals surface area contributed by atoms with Crippen LogP contribution in [0.3, 0.4) is 0 Å². The lowest BCUT2D eigenvalue weighted by Gasteiger charge is -2.12. The summed E-state index contributed by atoms with van der Waals surface area (Å²) in [5.74, 6) is 0. The third kappa shape index (κ3) is 2.72. The van der Waals surface area contributed by atoms with Crippen molar-refractivity contribution >= 4 is 60.8 Å². The van der Waals surface area contributed by atoms with Crippen molar-refractivity contribution in [2.75, 3.05) is 11.1 Å².